The van der Waals surface area contributed by atoms with Crippen molar-refractivity contribution in [1.82, 2.24) is 14.9 Å². The first-order valence-corrected chi connectivity index (χ1v) is 4.69. The standard InChI is InChI=1S/C10H16N4/c1-9(14-5-4-13-8-14)6-10(2,7-11)12-3/h4-5,8-9,12H,6H2,1-3H3. The monoisotopic (exact) mass is 192 g/mol. The molecule has 0 aliphatic heterocycles. The second kappa shape index (κ2) is 4.25. The number of rotatable bonds is 4. The maximum Gasteiger partial charge on any atom is 0.105 e. The summed E-state index contributed by atoms with van der Waals surface area (Å²) >= 11 is 0. The summed E-state index contributed by atoms with van der Waals surface area (Å²) in [5.74, 6) is 0. The maximum absolute atomic E-state index is 8.99. The minimum atomic E-state index is -0.469. The zero-order valence-electron chi connectivity index (χ0n) is 8.86. The second-order valence-electron chi connectivity index (χ2n) is 3.76. The van der Waals surface area contributed by atoms with Gasteiger partial charge in [-0.1, -0.05) is 0 Å². The van der Waals surface area contributed by atoms with E-state index < -0.39 is 5.54 Å². The minimum Gasteiger partial charge on any atom is -0.335 e. The van der Waals surface area contributed by atoms with Gasteiger partial charge in [0.2, 0.25) is 0 Å². The highest BCUT2D eigenvalue weighted by atomic mass is 15.1. The molecule has 1 rings (SSSR count). The van der Waals surface area contributed by atoms with Gasteiger partial charge in [-0.3, -0.25) is 0 Å². The smallest absolute Gasteiger partial charge is 0.105 e. The van der Waals surface area contributed by atoms with Crippen molar-refractivity contribution in [3.63, 3.8) is 0 Å². The zero-order chi connectivity index (χ0) is 10.6. The Kier molecular flexibility index (Phi) is 3.26. The lowest BCUT2D eigenvalue weighted by Gasteiger charge is -2.25. The predicted molar refractivity (Wildman–Crippen MR) is 54.6 cm³/mol. The van der Waals surface area contributed by atoms with Crippen LogP contribution in [0.15, 0.2) is 18.7 Å². The van der Waals surface area contributed by atoms with Crippen LogP contribution in [0.1, 0.15) is 26.3 Å². The highest BCUT2D eigenvalue weighted by molar-refractivity contribution is 5.04. The first kappa shape index (κ1) is 10.7. The normalized spacial score (nSPS) is 17.0. The Balaban J connectivity index is 2.66. The Hall–Kier alpha value is -1.34. The Morgan fingerprint density at radius 2 is 2.43 bits per heavy atom. The fourth-order valence-electron chi connectivity index (χ4n) is 1.43. The molecule has 0 fully saturated rings. The van der Waals surface area contributed by atoms with Crippen LogP contribution in [0.25, 0.3) is 0 Å². The van der Waals surface area contributed by atoms with Gasteiger partial charge in [0.05, 0.1) is 12.4 Å². The van der Waals surface area contributed by atoms with Crippen molar-refractivity contribution in [2.24, 2.45) is 0 Å². The molecule has 0 aliphatic carbocycles. The van der Waals surface area contributed by atoms with Gasteiger partial charge < -0.3 is 9.88 Å². The molecule has 1 N–H and O–H groups in total. The lowest BCUT2D eigenvalue weighted by atomic mass is 9.95. The zero-order valence-corrected chi connectivity index (χ0v) is 8.86. The SMILES string of the molecule is CNC(C)(C#N)CC(C)n1ccnc1. The molecule has 0 aliphatic rings. The number of nitriles is 1. The first-order valence-electron chi connectivity index (χ1n) is 4.69. The van der Waals surface area contributed by atoms with E-state index in [0.717, 1.165) is 6.42 Å². The molecule has 0 bridgehead atoms. The quantitative estimate of drug-likeness (QED) is 0.783. The van der Waals surface area contributed by atoms with Crippen LogP contribution in [0, 0.1) is 11.3 Å². The summed E-state index contributed by atoms with van der Waals surface area (Å²) in [4.78, 5) is 3.98. The number of hydrogen-bond donors (Lipinski definition) is 1. The lowest BCUT2D eigenvalue weighted by molar-refractivity contribution is 0.367. The van der Waals surface area contributed by atoms with Crippen molar-refractivity contribution in [3.8, 4) is 6.07 Å². The Morgan fingerprint density at radius 3 is 2.86 bits per heavy atom. The largest absolute Gasteiger partial charge is 0.335 e. The molecular formula is C10H16N4. The van der Waals surface area contributed by atoms with Crippen LogP contribution >= 0.6 is 0 Å². The van der Waals surface area contributed by atoms with E-state index in [1.54, 1.807) is 12.5 Å². The van der Waals surface area contributed by atoms with Crippen LogP contribution in [0.2, 0.25) is 0 Å². The van der Waals surface area contributed by atoms with E-state index in [9.17, 15) is 0 Å². The van der Waals surface area contributed by atoms with Gasteiger partial charge in [-0.15, -0.1) is 0 Å². The number of nitrogens with one attached hydrogen (secondary N) is 1. The van der Waals surface area contributed by atoms with Gasteiger partial charge >= 0.3 is 0 Å². The van der Waals surface area contributed by atoms with Gasteiger partial charge in [0.25, 0.3) is 0 Å². The molecule has 0 saturated heterocycles. The van der Waals surface area contributed by atoms with Gasteiger partial charge in [0, 0.05) is 18.4 Å². The molecule has 2 atom stereocenters. The summed E-state index contributed by atoms with van der Waals surface area (Å²) in [5, 5.41) is 12.0. The highest BCUT2D eigenvalue weighted by Gasteiger charge is 2.24. The molecule has 1 aromatic rings. The third-order valence-electron chi connectivity index (χ3n) is 2.54. The van der Waals surface area contributed by atoms with Crippen LogP contribution in [-0.4, -0.2) is 22.1 Å². The summed E-state index contributed by atoms with van der Waals surface area (Å²) in [6.07, 6.45) is 6.20. The fourth-order valence-corrected chi connectivity index (χ4v) is 1.43. The average molecular weight is 192 g/mol. The number of aromatic nitrogens is 2. The molecule has 76 valence electrons. The van der Waals surface area contributed by atoms with Crippen LogP contribution in [0.4, 0.5) is 0 Å². The Bertz CT molecular complexity index is 311. The van der Waals surface area contributed by atoms with Crippen molar-refractivity contribution in [2.75, 3.05) is 7.05 Å². The molecule has 1 heterocycles. The van der Waals surface area contributed by atoms with E-state index in [-0.39, 0.29) is 6.04 Å². The molecule has 4 heteroatoms. The Morgan fingerprint density at radius 1 is 1.71 bits per heavy atom. The molecule has 4 nitrogen and oxygen atoms in total. The van der Waals surface area contributed by atoms with E-state index in [0.29, 0.717) is 0 Å². The number of imidazole rings is 1. The van der Waals surface area contributed by atoms with Crippen LogP contribution in [0.5, 0.6) is 0 Å². The average Bonchev–Trinajstić information content (AvgIpc) is 2.70. The molecule has 0 saturated carbocycles. The van der Waals surface area contributed by atoms with E-state index in [1.807, 2.05) is 24.7 Å². The number of hydrogen-bond acceptors (Lipinski definition) is 3. The van der Waals surface area contributed by atoms with Gasteiger partial charge in [-0.25, -0.2) is 4.98 Å². The molecule has 14 heavy (non-hydrogen) atoms. The van der Waals surface area contributed by atoms with Gasteiger partial charge in [0.15, 0.2) is 0 Å². The minimum absolute atomic E-state index is 0.273. The molecule has 0 aromatic carbocycles. The lowest BCUT2D eigenvalue weighted by Crippen LogP contribution is -2.39. The summed E-state index contributed by atoms with van der Waals surface area (Å²) in [5.41, 5.74) is -0.469. The van der Waals surface area contributed by atoms with E-state index >= 15 is 0 Å². The van der Waals surface area contributed by atoms with Crippen LogP contribution in [-0.2, 0) is 0 Å². The summed E-state index contributed by atoms with van der Waals surface area (Å²) in [6, 6.07) is 2.55. The van der Waals surface area contributed by atoms with Crippen molar-refractivity contribution in [1.29, 1.82) is 5.26 Å². The van der Waals surface area contributed by atoms with Gasteiger partial charge in [-0.2, -0.15) is 5.26 Å². The van der Waals surface area contributed by atoms with Crippen molar-refractivity contribution in [3.05, 3.63) is 18.7 Å². The summed E-state index contributed by atoms with van der Waals surface area (Å²) in [7, 11) is 1.81. The maximum atomic E-state index is 8.99. The van der Waals surface area contributed by atoms with Crippen molar-refractivity contribution >= 4 is 0 Å². The first-order chi connectivity index (χ1) is 6.61. The molecule has 0 spiro atoms. The molecule has 1 aromatic heterocycles. The number of nitrogens with zero attached hydrogens (tertiary/aromatic N) is 3. The fraction of sp³-hybridized carbons (Fsp3) is 0.600. The van der Waals surface area contributed by atoms with E-state index in [4.69, 9.17) is 5.26 Å². The van der Waals surface area contributed by atoms with Gasteiger partial charge in [0.1, 0.15) is 5.54 Å². The van der Waals surface area contributed by atoms with Crippen LogP contribution < -0.4 is 5.32 Å². The topological polar surface area (TPSA) is 53.6 Å². The van der Waals surface area contributed by atoms with Crippen molar-refractivity contribution < 1.29 is 0 Å². The van der Waals surface area contributed by atoms with Crippen molar-refractivity contribution in [2.45, 2.75) is 31.8 Å². The molecule has 0 radical (unpaired) electrons. The molecule has 2 unspecified atom stereocenters. The third kappa shape index (κ3) is 2.33. The molecular weight excluding hydrogens is 176 g/mol. The second-order valence-corrected chi connectivity index (χ2v) is 3.76. The van der Waals surface area contributed by atoms with Gasteiger partial charge in [-0.05, 0) is 27.3 Å². The third-order valence-corrected chi connectivity index (χ3v) is 2.54. The van der Waals surface area contributed by atoms with E-state index in [1.165, 1.54) is 0 Å². The van der Waals surface area contributed by atoms with Crippen LogP contribution in [0.3, 0.4) is 0 Å². The predicted octanol–water partition coefficient (Wildman–Crippen LogP) is 1.34. The summed E-state index contributed by atoms with van der Waals surface area (Å²) in [6.45, 7) is 3.98. The van der Waals surface area contributed by atoms with E-state index in [2.05, 4.69) is 23.3 Å². The highest BCUT2D eigenvalue weighted by Crippen LogP contribution is 2.19. The molecule has 0 amide bonds. The Labute approximate surface area is 84.6 Å². The summed E-state index contributed by atoms with van der Waals surface area (Å²) < 4.78 is 2.01.